The summed E-state index contributed by atoms with van der Waals surface area (Å²) in [6, 6.07) is 13.2. The van der Waals surface area contributed by atoms with Gasteiger partial charge >= 0.3 is 0 Å². The molecule has 2 N–H and O–H groups in total. The Hall–Kier alpha value is -2.66. The number of pyridine rings is 1. The number of nitrogens with zero attached hydrogens (tertiary/aromatic N) is 3. The zero-order chi connectivity index (χ0) is 15.2. The summed E-state index contributed by atoms with van der Waals surface area (Å²) in [5, 5.41) is 6.97. The Labute approximate surface area is 133 Å². The van der Waals surface area contributed by atoms with Gasteiger partial charge in [0.05, 0.1) is 10.7 Å². The van der Waals surface area contributed by atoms with E-state index in [1.165, 1.54) is 0 Å². The summed E-state index contributed by atoms with van der Waals surface area (Å²) in [5.41, 5.74) is 1.86. The molecule has 0 fully saturated rings. The number of aromatic nitrogens is 3. The first-order valence-electron chi connectivity index (χ1n) is 6.78. The lowest BCUT2D eigenvalue weighted by atomic mass is 10.3. The lowest BCUT2D eigenvalue weighted by Crippen LogP contribution is -2.04. The monoisotopic (exact) mass is 311 g/mol. The van der Waals surface area contributed by atoms with Crippen molar-refractivity contribution in [2.75, 3.05) is 10.6 Å². The minimum atomic E-state index is 0.490. The molecule has 0 aliphatic carbocycles. The third kappa shape index (κ3) is 3.71. The molecular weight excluding hydrogens is 298 g/mol. The molecule has 0 amide bonds. The number of rotatable bonds is 5. The van der Waals surface area contributed by atoms with Crippen LogP contribution in [0.3, 0.4) is 0 Å². The van der Waals surface area contributed by atoms with E-state index in [1.54, 1.807) is 12.4 Å². The molecule has 1 aromatic carbocycles. The van der Waals surface area contributed by atoms with Crippen molar-refractivity contribution in [2.24, 2.45) is 0 Å². The van der Waals surface area contributed by atoms with Gasteiger partial charge in [0, 0.05) is 25.1 Å². The molecule has 6 heteroatoms. The second kappa shape index (κ2) is 6.87. The van der Waals surface area contributed by atoms with E-state index < -0.39 is 0 Å². The molecule has 5 nitrogen and oxygen atoms in total. The predicted molar refractivity (Wildman–Crippen MR) is 88.3 cm³/mol. The van der Waals surface area contributed by atoms with Gasteiger partial charge in [-0.05, 0) is 29.8 Å². The molecule has 3 aromatic rings. The highest BCUT2D eigenvalue weighted by atomic mass is 35.5. The highest BCUT2D eigenvalue weighted by molar-refractivity contribution is 6.33. The molecule has 22 heavy (non-hydrogen) atoms. The average molecular weight is 312 g/mol. The van der Waals surface area contributed by atoms with Crippen LogP contribution in [0.5, 0.6) is 0 Å². The van der Waals surface area contributed by atoms with Gasteiger partial charge in [0.2, 0.25) is 5.95 Å². The van der Waals surface area contributed by atoms with Gasteiger partial charge in [-0.15, -0.1) is 0 Å². The zero-order valence-corrected chi connectivity index (χ0v) is 12.5. The number of anilines is 3. The van der Waals surface area contributed by atoms with Crippen molar-refractivity contribution in [3.8, 4) is 0 Å². The van der Waals surface area contributed by atoms with Crippen LogP contribution in [-0.2, 0) is 6.54 Å². The van der Waals surface area contributed by atoms with E-state index in [9.17, 15) is 0 Å². The number of hydrogen-bond acceptors (Lipinski definition) is 5. The molecule has 0 spiro atoms. The van der Waals surface area contributed by atoms with E-state index >= 15 is 0 Å². The molecule has 3 rings (SSSR count). The molecular formula is C16H14ClN5. The normalized spacial score (nSPS) is 10.2. The van der Waals surface area contributed by atoms with Gasteiger partial charge < -0.3 is 10.6 Å². The van der Waals surface area contributed by atoms with Crippen molar-refractivity contribution in [3.05, 3.63) is 71.6 Å². The van der Waals surface area contributed by atoms with E-state index in [0.29, 0.717) is 17.5 Å². The zero-order valence-electron chi connectivity index (χ0n) is 11.7. The van der Waals surface area contributed by atoms with Crippen LogP contribution in [0.15, 0.2) is 61.1 Å². The molecule has 2 heterocycles. The maximum absolute atomic E-state index is 6.11. The molecule has 0 saturated carbocycles. The third-order valence-corrected chi connectivity index (χ3v) is 3.30. The largest absolute Gasteiger partial charge is 0.366 e. The van der Waals surface area contributed by atoms with Crippen LogP contribution < -0.4 is 10.6 Å². The summed E-state index contributed by atoms with van der Waals surface area (Å²) < 4.78 is 0. The molecule has 2 aromatic heterocycles. The standard InChI is InChI=1S/C16H14ClN5/c17-13-5-1-2-6-14(13)21-16-19-9-7-15(22-16)20-11-12-4-3-8-18-10-12/h1-10H,11H2,(H2,19,20,21,22). The van der Waals surface area contributed by atoms with E-state index in [2.05, 4.69) is 25.6 Å². The van der Waals surface area contributed by atoms with Gasteiger partial charge in [-0.1, -0.05) is 29.8 Å². The lowest BCUT2D eigenvalue weighted by molar-refractivity contribution is 1.07. The summed E-state index contributed by atoms with van der Waals surface area (Å²) in [4.78, 5) is 12.7. The summed E-state index contributed by atoms with van der Waals surface area (Å²) >= 11 is 6.11. The Balaban J connectivity index is 1.69. The highest BCUT2D eigenvalue weighted by Crippen LogP contribution is 2.23. The summed E-state index contributed by atoms with van der Waals surface area (Å²) in [6.07, 6.45) is 5.26. The van der Waals surface area contributed by atoms with Crippen LogP contribution in [0.2, 0.25) is 5.02 Å². The second-order valence-corrected chi connectivity index (χ2v) is 4.99. The fourth-order valence-corrected chi connectivity index (χ4v) is 2.08. The van der Waals surface area contributed by atoms with Gasteiger partial charge in [-0.2, -0.15) is 4.98 Å². The Morgan fingerprint density at radius 3 is 2.73 bits per heavy atom. The molecule has 0 saturated heterocycles. The Morgan fingerprint density at radius 2 is 1.91 bits per heavy atom. The predicted octanol–water partition coefficient (Wildman–Crippen LogP) is 3.88. The van der Waals surface area contributed by atoms with Crippen LogP contribution in [0.25, 0.3) is 0 Å². The number of benzene rings is 1. The minimum absolute atomic E-state index is 0.490. The van der Waals surface area contributed by atoms with Crippen molar-refractivity contribution in [3.63, 3.8) is 0 Å². The molecule has 0 unspecified atom stereocenters. The second-order valence-electron chi connectivity index (χ2n) is 4.59. The highest BCUT2D eigenvalue weighted by Gasteiger charge is 2.03. The molecule has 0 radical (unpaired) electrons. The van der Waals surface area contributed by atoms with E-state index in [1.807, 2.05) is 48.7 Å². The van der Waals surface area contributed by atoms with E-state index in [-0.39, 0.29) is 0 Å². The van der Waals surface area contributed by atoms with E-state index in [4.69, 9.17) is 11.6 Å². The van der Waals surface area contributed by atoms with Crippen molar-refractivity contribution in [1.82, 2.24) is 15.0 Å². The quantitative estimate of drug-likeness (QED) is 0.748. The van der Waals surface area contributed by atoms with Gasteiger partial charge in [0.25, 0.3) is 0 Å². The first-order chi connectivity index (χ1) is 10.8. The number of para-hydroxylation sites is 1. The van der Waals surface area contributed by atoms with Crippen molar-refractivity contribution >= 4 is 29.1 Å². The SMILES string of the molecule is Clc1ccccc1Nc1nccc(NCc2cccnc2)n1. The maximum atomic E-state index is 6.11. The van der Waals surface area contributed by atoms with Gasteiger partial charge in [0.15, 0.2) is 0 Å². The van der Waals surface area contributed by atoms with Crippen LogP contribution >= 0.6 is 11.6 Å². The molecule has 0 aliphatic rings. The van der Waals surface area contributed by atoms with Crippen LogP contribution in [0.1, 0.15) is 5.56 Å². The van der Waals surface area contributed by atoms with Crippen LogP contribution in [0, 0.1) is 0 Å². The topological polar surface area (TPSA) is 62.7 Å². The van der Waals surface area contributed by atoms with Crippen LogP contribution in [0.4, 0.5) is 17.5 Å². The number of nitrogens with one attached hydrogen (secondary N) is 2. The molecule has 0 aliphatic heterocycles. The van der Waals surface area contributed by atoms with Crippen molar-refractivity contribution in [1.29, 1.82) is 0 Å². The third-order valence-electron chi connectivity index (χ3n) is 2.97. The fourth-order valence-electron chi connectivity index (χ4n) is 1.90. The Morgan fingerprint density at radius 1 is 1.00 bits per heavy atom. The summed E-state index contributed by atoms with van der Waals surface area (Å²) in [5.74, 6) is 1.22. The van der Waals surface area contributed by atoms with Gasteiger partial charge in [-0.25, -0.2) is 4.98 Å². The van der Waals surface area contributed by atoms with Gasteiger partial charge in [0.1, 0.15) is 5.82 Å². The first kappa shape index (κ1) is 14.3. The fraction of sp³-hybridized carbons (Fsp3) is 0.0625. The van der Waals surface area contributed by atoms with Crippen LogP contribution in [-0.4, -0.2) is 15.0 Å². The molecule has 110 valence electrons. The summed E-state index contributed by atoms with van der Waals surface area (Å²) in [7, 11) is 0. The Kier molecular flexibility index (Phi) is 4.46. The number of hydrogen-bond donors (Lipinski definition) is 2. The van der Waals surface area contributed by atoms with Gasteiger partial charge in [-0.3, -0.25) is 4.98 Å². The average Bonchev–Trinajstić information content (AvgIpc) is 2.57. The molecule has 0 bridgehead atoms. The number of halogens is 1. The van der Waals surface area contributed by atoms with Crippen molar-refractivity contribution < 1.29 is 0 Å². The lowest BCUT2D eigenvalue weighted by Gasteiger charge is -2.09. The first-order valence-corrected chi connectivity index (χ1v) is 7.16. The Bertz CT molecular complexity index is 748. The smallest absolute Gasteiger partial charge is 0.229 e. The molecule has 0 atom stereocenters. The van der Waals surface area contributed by atoms with Crippen molar-refractivity contribution in [2.45, 2.75) is 6.54 Å². The maximum Gasteiger partial charge on any atom is 0.229 e. The summed E-state index contributed by atoms with van der Waals surface area (Å²) in [6.45, 7) is 0.649. The van der Waals surface area contributed by atoms with E-state index in [0.717, 1.165) is 17.1 Å². The minimum Gasteiger partial charge on any atom is -0.366 e.